The van der Waals surface area contributed by atoms with Gasteiger partial charge in [0.15, 0.2) is 0 Å². The quantitative estimate of drug-likeness (QED) is 0.476. The minimum atomic E-state index is -1.06. The van der Waals surface area contributed by atoms with Crippen LogP contribution in [0.5, 0.6) is 0 Å². The summed E-state index contributed by atoms with van der Waals surface area (Å²) in [6.45, 7) is 2.49. The van der Waals surface area contributed by atoms with Gasteiger partial charge in [0, 0.05) is 24.7 Å². The summed E-state index contributed by atoms with van der Waals surface area (Å²) >= 11 is 0. The monoisotopic (exact) mass is 355 g/mol. The minimum Gasteiger partial charge on any atom is -0.465 e. The number of aliphatic hydroxyl groups excluding tert-OH is 1. The normalized spacial score (nSPS) is 27.3. The standard InChI is InChI=1S/C18H33N3O4/c1-12(20-14-7-9-15(10-8-14)21-18(24)25)16(22)17(23)19-11-13-5-3-2-4-6-13/h12-16,20-22H,2-11H2,1H3,(H,19,23)(H,24,25)/t12?,14-,15+,16?. The summed E-state index contributed by atoms with van der Waals surface area (Å²) in [5.41, 5.74) is 0. The molecule has 0 heterocycles. The summed E-state index contributed by atoms with van der Waals surface area (Å²) < 4.78 is 0. The molecule has 2 rings (SSSR count). The van der Waals surface area contributed by atoms with Gasteiger partial charge in [-0.2, -0.15) is 0 Å². The van der Waals surface area contributed by atoms with Crippen molar-refractivity contribution in [1.29, 1.82) is 0 Å². The van der Waals surface area contributed by atoms with Crippen molar-refractivity contribution in [3.05, 3.63) is 0 Å². The summed E-state index contributed by atoms with van der Waals surface area (Å²) in [5.74, 6) is 0.247. The highest BCUT2D eigenvalue weighted by molar-refractivity contribution is 5.81. The number of carbonyl (C=O) groups excluding carboxylic acids is 1. The molecule has 0 bridgehead atoms. The number of hydrogen-bond acceptors (Lipinski definition) is 4. The van der Waals surface area contributed by atoms with Crippen LogP contribution in [-0.2, 0) is 4.79 Å². The van der Waals surface area contributed by atoms with Crippen molar-refractivity contribution in [2.45, 2.75) is 88.9 Å². The molecule has 0 aliphatic heterocycles. The molecule has 144 valence electrons. The molecule has 0 aromatic carbocycles. The van der Waals surface area contributed by atoms with Crippen LogP contribution in [0, 0.1) is 5.92 Å². The Hall–Kier alpha value is -1.34. The van der Waals surface area contributed by atoms with Crippen molar-refractivity contribution in [2.75, 3.05) is 6.54 Å². The second kappa shape index (κ2) is 9.97. The average Bonchev–Trinajstić information content (AvgIpc) is 2.61. The molecule has 0 aromatic heterocycles. The number of carboxylic acid groups (broad SMARTS) is 1. The van der Waals surface area contributed by atoms with E-state index in [-0.39, 0.29) is 24.0 Å². The molecule has 0 spiro atoms. The van der Waals surface area contributed by atoms with E-state index < -0.39 is 12.2 Å². The van der Waals surface area contributed by atoms with Crippen LogP contribution < -0.4 is 16.0 Å². The second-order valence-corrected chi connectivity index (χ2v) is 7.65. The summed E-state index contributed by atoms with van der Waals surface area (Å²) in [6.07, 6.45) is 7.29. The number of aliphatic hydroxyl groups is 1. The molecular formula is C18H33N3O4. The molecular weight excluding hydrogens is 322 g/mol. The number of amides is 2. The van der Waals surface area contributed by atoms with E-state index in [2.05, 4.69) is 16.0 Å². The maximum absolute atomic E-state index is 12.2. The van der Waals surface area contributed by atoms with Gasteiger partial charge in [0.25, 0.3) is 0 Å². The molecule has 0 radical (unpaired) electrons. The van der Waals surface area contributed by atoms with Gasteiger partial charge in [-0.15, -0.1) is 0 Å². The van der Waals surface area contributed by atoms with Crippen LogP contribution in [-0.4, -0.2) is 53.0 Å². The van der Waals surface area contributed by atoms with Gasteiger partial charge in [-0.3, -0.25) is 4.79 Å². The first-order valence-corrected chi connectivity index (χ1v) is 9.67. The zero-order chi connectivity index (χ0) is 18.2. The first-order chi connectivity index (χ1) is 12.0. The number of carbonyl (C=O) groups is 2. The minimum absolute atomic E-state index is 0.00886. The predicted molar refractivity (Wildman–Crippen MR) is 95.4 cm³/mol. The van der Waals surface area contributed by atoms with E-state index in [1.165, 1.54) is 19.3 Å². The molecule has 2 saturated carbocycles. The Morgan fingerprint density at radius 3 is 2.20 bits per heavy atom. The molecule has 2 atom stereocenters. The molecule has 2 fully saturated rings. The molecule has 2 amide bonds. The zero-order valence-corrected chi connectivity index (χ0v) is 15.2. The van der Waals surface area contributed by atoms with Crippen molar-refractivity contribution < 1.29 is 19.8 Å². The fourth-order valence-electron chi connectivity index (χ4n) is 4.01. The van der Waals surface area contributed by atoms with Crippen LogP contribution in [0.15, 0.2) is 0 Å². The molecule has 2 unspecified atom stereocenters. The van der Waals surface area contributed by atoms with Crippen LogP contribution in [0.4, 0.5) is 4.79 Å². The number of hydrogen-bond donors (Lipinski definition) is 5. The van der Waals surface area contributed by atoms with Crippen LogP contribution >= 0.6 is 0 Å². The number of rotatable bonds is 7. The van der Waals surface area contributed by atoms with E-state index in [1.54, 1.807) is 0 Å². The Morgan fingerprint density at radius 2 is 1.60 bits per heavy atom. The molecule has 0 saturated heterocycles. The zero-order valence-electron chi connectivity index (χ0n) is 15.2. The van der Waals surface area contributed by atoms with E-state index in [1.807, 2.05) is 6.92 Å². The van der Waals surface area contributed by atoms with Gasteiger partial charge in [-0.1, -0.05) is 19.3 Å². The van der Waals surface area contributed by atoms with Crippen molar-refractivity contribution in [3.8, 4) is 0 Å². The molecule has 25 heavy (non-hydrogen) atoms. The van der Waals surface area contributed by atoms with Crippen molar-refractivity contribution >= 4 is 12.0 Å². The van der Waals surface area contributed by atoms with E-state index in [0.29, 0.717) is 12.5 Å². The smallest absolute Gasteiger partial charge is 0.404 e. The Morgan fingerprint density at radius 1 is 1.00 bits per heavy atom. The maximum atomic E-state index is 12.2. The highest BCUT2D eigenvalue weighted by Crippen LogP contribution is 2.23. The lowest BCUT2D eigenvalue weighted by Gasteiger charge is -2.32. The average molecular weight is 355 g/mol. The van der Waals surface area contributed by atoms with Crippen LogP contribution in [0.3, 0.4) is 0 Å². The molecule has 0 aromatic rings. The van der Waals surface area contributed by atoms with Crippen molar-refractivity contribution in [1.82, 2.24) is 16.0 Å². The Labute approximate surface area is 149 Å². The molecule has 2 aliphatic rings. The summed E-state index contributed by atoms with van der Waals surface area (Å²) in [6, 6.07) is -0.0995. The maximum Gasteiger partial charge on any atom is 0.404 e. The third-order valence-corrected chi connectivity index (χ3v) is 5.59. The van der Waals surface area contributed by atoms with Crippen LogP contribution in [0.2, 0.25) is 0 Å². The van der Waals surface area contributed by atoms with Gasteiger partial charge in [-0.05, 0) is 51.4 Å². The van der Waals surface area contributed by atoms with E-state index in [4.69, 9.17) is 5.11 Å². The third-order valence-electron chi connectivity index (χ3n) is 5.59. The van der Waals surface area contributed by atoms with E-state index in [0.717, 1.165) is 38.5 Å². The highest BCUT2D eigenvalue weighted by atomic mass is 16.4. The fraction of sp³-hybridized carbons (Fsp3) is 0.889. The predicted octanol–water partition coefficient (Wildman–Crippen LogP) is 1.60. The van der Waals surface area contributed by atoms with E-state index >= 15 is 0 Å². The fourth-order valence-corrected chi connectivity index (χ4v) is 4.01. The Kier molecular flexibility index (Phi) is 7.96. The summed E-state index contributed by atoms with van der Waals surface area (Å²) in [7, 11) is 0. The van der Waals surface area contributed by atoms with Gasteiger partial charge in [-0.25, -0.2) is 4.79 Å². The third kappa shape index (κ3) is 6.82. The lowest BCUT2D eigenvalue weighted by atomic mass is 9.89. The molecule has 7 heteroatoms. The first kappa shape index (κ1) is 20.0. The van der Waals surface area contributed by atoms with E-state index in [9.17, 15) is 14.7 Å². The van der Waals surface area contributed by atoms with Crippen LogP contribution in [0.25, 0.3) is 0 Å². The van der Waals surface area contributed by atoms with Gasteiger partial charge < -0.3 is 26.2 Å². The van der Waals surface area contributed by atoms with Gasteiger partial charge in [0.1, 0.15) is 6.10 Å². The van der Waals surface area contributed by atoms with Crippen LogP contribution in [0.1, 0.15) is 64.7 Å². The van der Waals surface area contributed by atoms with Crippen molar-refractivity contribution in [2.24, 2.45) is 5.92 Å². The second-order valence-electron chi connectivity index (χ2n) is 7.65. The highest BCUT2D eigenvalue weighted by Gasteiger charge is 2.28. The summed E-state index contributed by atoms with van der Waals surface area (Å²) in [4.78, 5) is 22.8. The summed E-state index contributed by atoms with van der Waals surface area (Å²) in [5, 5.41) is 27.7. The molecule has 7 nitrogen and oxygen atoms in total. The number of nitrogens with one attached hydrogen (secondary N) is 3. The Bertz CT molecular complexity index is 432. The SMILES string of the molecule is CC(N[C@H]1CC[C@@H](NC(=O)O)CC1)C(O)C(=O)NCC1CCCCC1. The van der Waals surface area contributed by atoms with Gasteiger partial charge in [0.2, 0.25) is 5.91 Å². The first-order valence-electron chi connectivity index (χ1n) is 9.67. The Balaban J connectivity index is 1.66. The van der Waals surface area contributed by atoms with Gasteiger partial charge in [0.05, 0.1) is 0 Å². The lowest BCUT2D eigenvalue weighted by Crippen LogP contribution is -2.52. The molecule has 5 N–H and O–H groups in total. The largest absolute Gasteiger partial charge is 0.465 e. The topological polar surface area (TPSA) is 111 Å². The molecule has 2 aliphatic carbocycles. The lowest BCUT2D eigenvalue weighted by molar-refractivity contribution is -0.130. The van der Waals surface area contributed by atoms with Crippen molar-refractivity contribution in [3.63, 3.8) is 0 Å². The van der Waals surface area contributed by atoms with Gasteiger partial charge >= 0.3 is 6.09 Å².